The van der Waals surface area contributed by atoms with Gasteiger partial charge < -0.3 is 15.1 Å². The maximum absolute atomic E-state index is 11.3. The Kier molecular flexibility index (Phi) is 2.95. The second-order valence-corrected chi connectivity index (χ2v) is 5.04. The molecule has 1 unspecified atom stereocenters. The third-order valence-electron chi connectivity index (χ3n) is 3.23. The molecule has 0 saturated carbocycles. The van der Waals surface area contributed by atoms with Gasteiger partial charge >= 0.3 is 0 Å². The molecule has 1 aliphatic heterocycles. The smallest absolute Gasteiger partial charge is 0.228 e. The van der Waals surface area contributed by atoms with Crippen LogP contribution in [0.15, 0.2) is 35.1 Å². The molecule has 1 aromatic carbocycles. The van der Waals surface area contributed by atoms with Crippen LogP contribution in [0.5, 0.6) is 0 Å². The van der Waals surface area contributed by atoms with E-state index in [4.69, 9.17) is 16.0 Å². The van der Waals surface area contributed by atoms with Crippen LogP contribution >= 0.6 is 11.6 Å². The first-order chi connectivity index (χ1) is 9.13. The highest BCUT2D eigenvalue weighted by Crippen LogP contribution is 2.34. The van der Waals surface area contributed by atoms with Gasteiger partial charge in [0.05, 0.1) is 35.7 Å². The predicted molar refractivity (Wildman–Crippen MR) is 74.5 cm³/mol. The molecule has 98 valence electrons. The molecule has 5 heteroatoms. The number of anilines is 2. The van der Waals surface area contributed by atoms with Gasteiger partial charge in [-0.1, -0.05) is 11.6 Å². The van der Waals surface area contributed by atoms with Crippen LogP contribution in [0.25, 0.3) is 0 Å². The SMILES string of the molecule is CC(Nc1cc2c(cc1Cl)NC(=O)C2)c1ccoc1. The third kappa shape index (κ3) is 2.31. The number of hydrogen-bond donors (Lipinski definition) is 2. The van der Waals surface area contributed by atoms with Crippen LogP contribution in [0.2, 0.25) is 5.02 Å². The summed E-state index contributed by atoms with van der Waals surface area (Å²) < 4.78 is 5.06. The standard InChI is InChI=1S/C14H13ClN2O2/c1-8(9-2-3-19-7-9)16-13-4-10-5-14(18)17-12(10)6-11(13)15/h2-4,6-8,16H,5H2,1H3,(H,17,18). The Morgan fingerprint density at radius 3 is 3.05 bits per heavy atom. The Morgan fingerprint density at radius 2 is 2.32 bits per heavy atom. The van der Waals surface area contributed by atoms with Gasteiger partial charge in [0.25, 0.3) is 0 Å². The summed E-state index contributed by atoms with van der Waals surface area (Å²) in [6.07, 6.45) is 3.74. The zero-order valence-electron chi connectivity index (χ0n) is 10.4. The fraction of sp³-hybridized carbons (Fsp3) is 0.214. The first kappa shape index (κ1) is 12.1. The van der Waals surface area contributed by atoms with Gasteiger partial charge in [0.2, 0.25) is 5.91 Å². The second kappa shape index (κ2) is 4.63. The zero-order chi connectivity index (χ0) is 13.4. The fourth-order valence-electron chi connectivity index (χ4n) is 2.20. The van der Waals surface area contributed by atoms with Crippen molar-refractivity contribution >= 4 is 28.9 Å². The summed E-state index contributed by atoms with van der Waals surface area (Å²) in [5, 5.41) is 6.70. The van der Waals surface area contributed by atoms with Gasteiger partial charge in [-0.05, 0) is 30.7 Å². The summed E-state index contributed by atoms with van der Waals surface area (Å²) in [7, 11) is 0. The van der Waals surface area contributed by atoms with Crippen molar-refractivity contribution in [2.75, 3.05) is 10.6 Å². The number of benzene rings is 1. The third-order valence-corrected chi connectivity index (χ3v) is 3.55. The van der Waals surface area contributed by atoms with Crippen molar-refractivity contribution in [2.45, 2.75) is 19.4 Å². The lowest BCUT2D eigenvalue weighted by atomic mass is 10.1. The van der Waals surface area contributed by atoms with E-state index < -0.39 is 0 Å². The molecule has 0 bridgehead atoms. The minimum atomic E-state index is 0.00565. The Hall–Kier alpha value is -1.94. The van der Waals surface area contributed by atoms with Gasteiger partial charge in [-0.25, -0.2) is 0 Å². The van der Waals surface area contributed by atoms with Crippen molar-refractivity contribution in [2.24, 2.45) is 0 Å². The van der Waals surface area contributed by atoms with E-state index in [0.717, 1.165) is 22.5 Å². The molecule has 1 aliphatic rings. The monoisotopic (exact) mass is 276 g/mol. The maximum atomic E-state index is 11.3. The number of fused-ring (bicyclic) bond motifs is 1. The summed E-state index contributed by atoms with van der Waals surface area (Å²) >= 11 is 6.22. The van der Waals surface area contributed by atoms with Gasteiger partial charge in [-0.15, -0.1) is 0 Å². The quantitative estimate of drug-likeness (QED) is 0.900. The van der Waals surface area contributed by atoms with Crippen molar-refractivity contribution < 1.29 is 9.21 Å². The maximum Gasteiger partial charge on any atom is 0.228 e. The summed E-state index contributed by atoms with van der Waals surface area (Å²) in [6, 6.07) is 5.70. The Bertz CT molecular complexity index is 623. The van der Waals surface area contributed by atoms with Crippen LogP contribution in [-0.2, 0) is 11.2 Å². The molecule has 0 fully saturated rings. The predicted octanol–water partition coefficient (Wildman–Crippen LogP) is 3.60. The first-order valence-corrected chi connectivity index (χ1v) is 6.42. The highest BCUT2D eigenvalue weighted by molar-refractivity contribution is 6.33. The first-order valence-electron chi connectivity index (χ1n) is 6.04. The molecule has 0 saturated heterocycles. The molecule has 0 radical (unpaired) electrons. The molecule has 2 N–H and O–H groups in total. The van der Waals surface area contributed by atoms with Crippen LogP contribution in [-0.4, -0.2) is 5.91 Å². The van der Waals surface area contributed by atoms with Gasteiger partial charge in [0, 0.05) is 11.3 Å². The number of hydrogen-bond acceptors (Lipinski definition) is 3. The van der Waals surface area contributed by atoms with Gasteiger partial charge in [-0.2, -0.15) is 0 Å². The van der Waals surface area contributed by atoms with E-state index in [2.05, 4.69) is 10.6 Å². The number of halogens is 1. The highest BCUT2D eigenvalue weighted by Gasteiger charge is 2.20. The number of nitrogens with one attached hydrogen (secondary N) is 2. The molecule has 4 nitrogen and oxygen atoms in total. The molecule has 2 aromatic rings. The number of carbonyl (C=O) groups is 1. The van der Waals surface area contributed by atoms with Crippen molar-refractivity contribution in [1.82, 2.24) is 0 Å². The lowest BCUT2D eigenvalue weighted by Crippen LogP contribution is -2.06. The highest BCUT2D eigenvalue weighted by atomic mass is 35.5. The average molecular weight is 277 g/mol. The Balaban J connectivity index is 1.86. The lowest BCUT2D eigenvalue weighted by molar-refractivity contribution is -0.115. The van der Waals surface area contributed by atoms with Gasteiger partial charge in [0.15, 0.2) is 0 Å². The molecule has 1 amide bonds. The zero-order valence-corrected chi connectivity index (χ0v) is 11.1. The fourth-order valence-corrected chi connectivity index (χ4v) is 2.41. The minimum Gasteiger partial charge on any atom is -0.472 e. The second-order valence-electron chi connectivity index (χ2n) is 4.64. The number of furan rings is 1. The largest absolute Gasteiger partial charge is 0.472 e. The number of carbonyl (C=O) groups excluding carboxylic acids is 1. The van der Waals surface area contributed by atoms with Crippen LogP contribution < -0.4 is 10.6 Å². The van der Waals surface area contributed by atoms with E-state index in [0.29, 0.717) is 11.4 Å². The van der Waals surface area contributed by atoms with Gasteiger partial charge in [-0.3, -0.25) is 4.79 Å². The van der Waals surface area contributed by atoms with E-state index in [9.17, 15) is 4.79 Å². The van der Waals surface area contributed by atoms with Crippen molar-refractivity contribution in [3.05, 3.63) is 46.9 Å². The minimum absolute atomic E-state index is 0.00565. The van der Waals surface area contributed by atoms with Gasteiger partial charge in [0.1, 0.15) is 0 Å². The van der Waals surface area contributed by atoms with E-state index in [1.54, 1.807) is 18.6 Å². The molecule has 1 atom stereocenters. The number of rotatable bonds is 3. The van der Waals surface area contributed by atoms with Crippen LogP contribution in [0.4, 0.5) is 11.4 Å². The number of amides is 1. The van der Waals surface area contributed by atoms with E-state index in [1.807, 2.05) is 19.1 Å². The van der Waals surface area contributed by atoms with Crippen LogP contribution in [0.1, 0.15) is 24.1 Å². The van der Waals surface area contributed by atoms with Crippen molar-refractivity contribution in [3.63, 3.8) is 0 Å². The molecule has 0 spiro atoms. The molecular formula is C14H13ClN2O2. The van der Waals surface area contributed by atoms with Crippen LogP contribution in [0.3, 0.4) is 0 Å². The van der Waals surface area contributed by atoms with E-state index in [-0.39, 0.29) is 11.9 Å². The summed E-state index contributed by atoms with van der Waals surface area (Å²) in [5.41, 5.74) is 3.64. The summed E-state index contributed by atoms with van der Waals surface area (Å²) in [4.78, 5) is 11.3. The normalized spacial score (nSPS) is 14.9. The summed E-state index contributed by atoms with van der Waals surface area (Å²) in [6.45, 7) is 2.03. The molecule has 0 aliphatic carbocycles. The summed E-state index contributed by atoms with van der Waals surface area (Å²) in [5.74, 6) is 0.00565. The molecule has 3 rings (SSSR count). The van der Waals surface area contributed by atoms with Crippen molar-refractivity contribution in [1.29, 1.82) is 0 Å². The average Bonchev–Trinajstić information content (AvgIpc) is 2.97. The molecule has 1 aromatic heterocycles. The van der Waals surface area contributed by atoms with Crippen LogP contribution in [0, 0.1) is 0 Å². The lowest BCUT2D eigenvalue weighted by Gasteiger charge is -2.16. The Morgan fingerprint density at radius 1 is 1.47 bits per heavy atom. The Labute approximate surface area is 115 Å². The van der Waals surface area contributed by atoms with Crippen molar-refractivity contribution in [3.8, 4) is 0 Å². The van der Waals surface area contributed by atoms with E-state index in [1.165, 1.54) is 0 Å². The molecule has 19 heavy (non-hydrogen) atoms. The molecule has 2 heterocycles. The topological polar surface area (TPSA) is 54.3 Å². The molecular weight excluding hydrogens is 264 g/mol. The van der Waals surface area contributed by atoms with E-state index >= 15 is 0 Å².